The number of benzene rings is 1. The Bertz CT molecular complexity index is 369. The first-order chi connectivity index (χ1) is 8.10. The molecule has 1 unspecified atom stereocenters. The number of rotatable bonds is 6. The summed E-state index contributed by atoms with van der Waals surface area (Å²) in [5.41, 5.74) is 0.105. The van der Waals surface area contributed by atoms with Crippen LogP contribution in [0.1, 0.15) is 38.7 Å². The van der Waals surface area contributed by atoms with E-state index in [4.69, 9.17) is 0 Å². The summed E-state index contributed by atoms with van der Waals surface area (Å²) in [6.45, 7) is 4.40. The third-order valence-electron chi connectivity index (χ3n) is 2.84. The van der Waals surface area contributed by atoms with E-state index in [1.54, 1.807) is 0 Å². The van der Waals surface area contributed by atoms with Crippen molar-refractivity contribution in [3.63, 3.8) is 0 Å². The average molecular weight is 306 g/mol. The Balaban J connectivity index is 2.71. The van der Waals surface area contributed by atoms with Gasteiger partial charge in [-0.1, -0.05) is 20.3 Å². The molecule has 1 N–H and O–H groups in total. The van der Waals surface area contributed by atoms with Gasteiger partial charge in [-0.25, -0.2) is 8.78 Å². The third kappa shape index (κ3) is 4.03. The van der Waals surface area contributed by atoms with Crippen LogP contribution in [0.2, 0.25) is 0 Å². The summed E-state index contributed by atoms with van der Waals surface area (Å²) in [5.74, 6) is -1.01. The highest BCUT2D eigenvalue weighted by Gasteiger charge is 2.13. The maximum atomic E-state index is 13.7. The zero-order valence-corrected chi connectivity index (χ0v) is 11.8. The van der Waals surface area contributed by atoms with Crippen LogP contribution in [0.15, 0.2) is 16.6 Å². The Morgan fingerprint density at radius 2 is 2.00 bits per heavy atom. The molecule has 1 rings (SSSR count). The first kappa shape index (κ1) is 14.6. The molecule has 1 aromatic carbocycles. The van der Waals surface area contributed by atoms with E-state index in [-0.39, 0.29) is 12.1 Å². The van der Waals surface area contributed by atoms with E-state index in [2.05, 4.69) is 35.1 Å². The van der Waals surface area contributed by atoms with Gasteiger partial charge in [0.25, 0.3) is 0 Å². The van der Waals surface area contributed by atoms with Crippen molar-refractivity contribution in [2.75, 3.05) is 0 Å². The predicted molar refractivity (Wildman–Crippen MR) is 69.9 cm³/mol. The fourth-order valence-electron chi connectivity index (χ4n) is 1.78. The fourth-order valence-corrected chi connectivity index (χ4v) is 2.15. The molecule has 0 aromatic heterocycles. The van der Waals surface area contributed by atoms with Crippen LogP contribution in [-0.4, -0.2) is 6.04 Å². The highest BCUT2D eigenvalue weighted by Crippen LogP contribution is 2.21. The molecule has 0 amide bonds. The number of nitrogens with one attached hydrogen (secondary N) is 1. The van der Waals surface area contributed by atoms with E-state index in [0.29, 0.717) is 10.5 Å². The second-order valence-corrected chi connectivity index (χ2v) is 4.95. The van der Waals surface area contributed by atoms with Crippen molar-refractivity contribution in [2.24, 2.45) is 0 Å². The second-order valence-electron chi connectivity index (χ2n) is 4.10. The van der Waals surface area contributed by atoms with E-state index in [1.807, 2.05) is 0 Å². The predicted octanol–water partition coefficient (Wildman–Crippen LogP) is 4.40. The van der Waals surface area contributed by atoms with Crippen molar-refractivity contribution in [3.05, 3.63) is 33.8 Å². The summed E-state index contributed by atoms with van der Waals surface area (Å²) in [4.78, 5) is 0. The maximum absolute atomic E-state index is 13.7. The molecule has 17 heavy (non-hydrogen) atoms. The van der Waals surface area contributed by atoms with E-state index in [9.17, 15) is 8.78 Å². The van der Waals surface area contributed by atoms with Crippen LogP contribution in [0.3, 0.4) is 0 Å². The lowest BCUT2D eigenvalue weighted by Crippen LogP contribution is -2.28. The van der Waals surface area contributed by atoms with E-state index in [0.717, 1.165) is 19.3 Å². The summed E-state index contributed by atoms with van der Waals surface area (Å²) in [6.07, 6.45) is 3.05. The van der Waals surface area contributed by atoms with Crippen molar-refractivity contribution in [3.8, 4) is 0 Å². The number of hydrogen-bond acceptors (Lipinski definition) is 1. The van der Waals surface area contributed by atoms with Gasteiger partial charge in [0, 0.05) is 18.2 Å². The Kier molecular flexibility index (Phi) is 6.06. The van der Waals surface area contributed by atoms with Crippen LogP contribution in [-0.2, 0) is 6.54 Å². The minimum Gasteiger partial charge on any atom is -0.310 e. The van der Waals surface area contributed by atoms with E-state index >= 15 is 0 Å². The Morgan fingerprint density at radius 1 is 1.29 bits per heavy atom. The van der Waals surface area contributed by atoms with Crippen LogP contribution in [0, 0.1) is 11.6 Å². The zero-order chi connectivity index (χ0) is 12.8. The maximum Gasteiger partial charge on any atom is 0.144 e. The van der Waals surface area contributed by atoms with Gasteiger partial charge in [0.05, 0.1) is 4.47 Å². The quantitative estimate of drug-likeness (QED) is 0.768. The first-order valence-electron chi connectivity index (χ1n) is 5.95. The largest absolute Gasteiger partial charge is 0.310 e. The van der Waals surface area contributed by atoms with Crippen LogP contribution in [0.5, 0.6) is 0 Å². The van der Waals surface area contributed by atoms with E-state index < -0.39 is 11.6 Å². The summed E-state index contributed by atoms with van der Waals surface area (Å²) >= 11 is 3.07. The highest BCUT2D eigenvalue weighted by molar-refractivity contribution is 9.10. The van der Waals surface area contributed by atoms with Gasteiger partial charge in [0.2, 0.25) is 0 Å². The molecular formula is C13H18BrF2N. The molecule has 1 aromatic rings. The standard InChI is InChI=1S/C13H18BrF2N/c1-3-5-9(4-2)17-8-10-12(15)7-6-11(14)13(10)16/h6-7,9,17H,3-5,8H2,1-2H3. The number of halogens is 3. The van der Waals surface area contributed by atoms with Crippen molar-refractivity contribution in [1.29, 1.82) is 0 Å². The van der Waals surface area contributed by atoms with Gasteiger partial charge in [-0.05, 0) is 40.9 Å². The average Bonchev–Trinajstić information content (AvgIpc) is 2.32. The molecule has 0 fully saturated rings. The van der Waals surface area contributed by atoms with Gasteiger partial charge >= 0.3 is 0 Å². The van der Waals surface area contributed by atoms with Gasteiger partial charge in [0.15, 0.2) is 0 Å². The molecule has 4 heteroatoms. The third-order valence-corrected chi connectivity index (χ3v) is 3.45. The van der Waals surface area contributed by atoms with Crippen molar-refractivity contribution in [1.82, 2.24) is 5.32 Å². The fraction of sp³-hybridized carbons (Fsp3) is 0.538. The molecule has 0 aliphatic rings. The summed E-state index contributed by atoms with van der Waals surface area (Å²) in [6, 6.07) is 2.99. The molecule has 1 atom stereocenters. The molecular weight excluding hydrogens is 288 g/mol. The topological polar surface area (TPSA) is 12.0 Å². The smallest absolute Gasteiger partial charge is 0.144 e. The zero-order valence-electron chi connectivity index (χ0n) is 10.2. The second kappa shape index (κ2) is 7.07. The molecule has 0 spiro atoms. The molecule has 0 saturated heterocycles. The molecule has 96 valence electrons. The number of hydrogen-bond donors (Lipinski definition) is 1. The Hall–Kier alpha value is -0.480. The summed E-state index contributed by atoms with van der Waals surface area (Å²) in [7, 11) is 0. The van der Waals surface area contributed by atoms with Crippen molar-refractivity contribution >= 4 is 15.9 Å². The molecule has 0 bridgehead atoms. The SMILES string of the molecule is CCCC(CC)NCc1c(F)ccc(Br)c1F. The van der Waals surface area contributed by atoms with E-state index in [1.165, 1.54) is 12.1 Å². The van der Waals surface area contributed by atoms with Crippen molar-refractivity contribution < 1.29 is 8.78 Å². The Morgan fingerprint density at radius 3 is 2.59 bits per heavy atom. The minimum absolute atomic E-state index is 0.105. The normalized spacial score (nSPS) is 12.8. The molecule has 0 saturated carbocycles. The molecule has 0 radical (unpaired) electrons. The van der Waals surface area contributed by atoms with Crippen LogP contribution in [0.25, 0.3) is 0 Å². The van der Waals surface area contributed by atoms with Crippen LogP contribution < -0.4 is 5.32 Å². The minimum atomic E-state index is -0.510. The lowest BCUT2D eigenvalue weighted by Gasteiger charge is -2.16. The molecule has 0 aliphatic heterocycles. The molecule has 0 aliphatic carbocycles. The van der Waals surface area contributed by atoms with Gasteiger partial charge in [0.1, 0.15) is 11.6 Å². The van der Waals surface area contributed by atoms with Gasteiger partial charge < -0.3 is 5.32 Å². The lowest BCUT2D eigenvalue weighted by atomic mass is 10.1. The Labute approximate surface area is 110 Å². The van der Waals surface area contributed by atoms with Gasteiger partial charge in [-0.2, -0.15) is 0 Å². The van der Waals surface area contributed by atoms with Gasteiger partial charge in [-0.15, -0.1) is 0 Å². The summed E-state index contributed by atoms with van der Waals surface area (Å²) in [5, 5.41) is 3.19. The van der Waals surface area contributed by atoms with Crippen LogP contribution >= 0.6 is 15.9 Å². The monoisotopic (exact) mass is 305 g/mol. The van der Waals surface area contributed by atoms with Gasteiger partial charge in [-0.3, -0.25) is 0 Å². The first-order valence-corrected chi connectivity index (χ1v) is 6.75. The molecule has 1 nitrogen and oxygen atoms in total. The van der Waals surface area contributed by atoms with Crippen molar-refractivity contribution in [2.45, 2.75) is 45.7 Å². The summed E-state index contributed by atoms with van der Waals surface area (Å²) < 4.78 is 27.5. The molecule has 0 heterocycles. The van der Waals surface area contributed by atoms with Crippen LogP contribution in [0.4, 0.5) is 8.78 Å². The lowest BCUT2D eigenvalue weighted by molar-refractivity contribution is 0.444. The highest BCUT2D eigenvalue weighted by atomic mass is 79.9.